The van der Waals surface area contributed by atoms with E-state index in [-0.39, 0.29) is 5.92 Å². The van der Waals surface area contributed by atoms with Gasteiger partial charge in [-0.15, -0.1) is 0 Å². The highest BCUT2D eigenvalue weighted by molar-refractivity contribution is 5.80. The molecule has 1 aromatic carbocycles. The summed E-state index contributed by atoms with van der Waals surface area (Å²) < 4.78 is 0. The first-order valence-corrected chi connectivity index (χ1v) is 5.42. The zero-order valence-corrected chi connectivity index (χ0v) is 9.51. The van der Waals surface area contributed by atoms with Crippen LogP contribution in [0.25, 0.3) is 5.57 Å². The topological polar surface area (TPSA) is 40.5 Å². The minimum Gasteiger partial charge on any atom is -0.362 e. The van der Waals surface area contributed by atoms with Crippen LogP contribution in [0.1, 0.15) is 19.4 Å². The van der Waals surface area contributed by atoms with E-state index in [1.807, 2.05) is 43.3 Å². The molecule has 0 unspecified atom stereocenters. The first kappa shape index (κ1) is 11.1. The maximum atomic E-state index is 9.71. The van der Waals surface area contributed by atoms with Crippen molar-refractivity contribution in [2.45, 2.75) is 19.6 Å². The molecule has 2 N–H and O–H groups in total. The van der Waals surface area contributed by atoms with Crippen LogP contribution in [0.3, 0.4) is 0 Å². The van der Waals surface area contributed by atoms with Gasteiger partial charge < -0.3 is 10.2 Å². The third-order valence-corrected chi connectivity index (χ3v) is 3.03. The van der Waals surface area contributed by atoms with Crippen LogP contribution in [-0.4, -0.2) is 16.0 Å². The Bertz CT molecular complexity index is 441. The quantitative estimate of drug-likeness (QED) is 0.707. The molecule has 0 radical (unpaired) electrons. The van der Waals surface area contributed by atoms with E-state index < -0.39 is 5.79 Å². The van der Waals surface area contributed by atoms with E-state index in [0.29, 0.717) is 0 Å². The van der Waals surface area contributed by atoms with Gasteiger partial charge >= 0.3 is 0 Å². The summed E-state index contributed by atoms with van der Waals surface area (Å²) in [7, 11) is 0. The summed E-state index contributed by atoms with van der Waals surface area (Å²) in [6, 6.07) is 9.98. The van der Waals surface area contributed by atoms with Crippen LogP contribution >= 0.6 is 0 Å². The number of rotatable bonds is 1. The maximum absolute atomic E-state index is 9.71. The number of aliphatic hydroxyl groups is 2. The fourth-order valence-corrected chi connectivity index (χ4v) is 1.97. The van der Waals surface area contributed by atoms with Crippen molar-refractivity contribution in [3.05, 3.63) is 53.6 Å². The predicted octanol–water partition coefficient (Wildman–Crippen LogP) is 2.35. The molecule has 0 saturated heterocycles. The fourth-order valence-electron chi connectivity index (χ4n) is 1.97. The normalized spacial score (nSPS) is 23.6. The number of benzene rings is 1. The Kier molecular flexibility index (Phi) is 2.70. The first-order valence-electron chi connectivity index (χ1n) is 5.42. The molecule has 0 amide bonds. The van der Waals surface area contributed by atoms with Crippen LogP contribution in [0.15, 0.2) is 48.1 Å². The molecule has 0 aromatic heterocycles. The van der Waals surface area contributed by atoms with Crippen LogP contribution in [0.4, 0.5) is 0 Å². The summed E-state index contributed by atoms with van der Waals surface area (Å²) in [6.07, 6.45) is 3.42. The Morgan fingerprint density at radius 1 is 1.12 bits per heavy atom. The standard InChI is InChI=1S/C14H16O2/c1-10-9-14(15,16)11(2)8-13(10)12-6-4-3-5-7-12/h3-9,11,15-16H,1-2H3/t11-/m0/s1. The van der Waals surface area contributed by atoms with Crippen LogP contribution < -0.4 is 0 Å². The van der Waals surface area contributed by atoms with Crippen LogP contribution in [0.5, 0.6) is 0 Å². The highest BCUT2D eigenvalue weighted by atomic mass is 16.5. The summed E-state index contributed by atoms with van der Waals surface area (Å²) in [6.45, 7) is 3.69. The highest BCUT2D eigenvalue weighted by Gasteiger charge is 2.31. The van der Waals surface area contributed by atoms with Gasteiger partial charge in [-0.3, -0.25) is 0 Å². The molecule has 2 heteroatoms. The zero-order valence-electron chi connectivity index (χ0n) is 9.51. The Morgan fingerprint density at radius 3 is 2.38 bits per heavy atom. The monoisotopic (exact) mass is 216 g/mol. The van der Waals surface area contributed by atoms with Crippen molar-refractivity contribution in [1.82, 2.24) is 0 Å². The summed E-state index contributed by atoms with van der Waals surface area (Å²) in [4.78, 5) is 0. The minimum atomic E-state index is -1.72. The van der Waals surface area contributed by atoms with E-state index in [1.165, 1.54) is 6.08 Å². The van der Waals surface area contributed by atoms with Gasteiger partial charge in [-0.25, -0.2) is 0 Å². The summed E-state index contributed by atoms with van der Waals surface area (Å²) in [5.41, 5.74) is 3.08. The van der Waals surface area contributed by atoms with E-state index in [1.54, 1.807) is 6.92 Å². The van der Waals surface area contributed by atoms with Crippen LogP contribution in [0, 0.1) is 5.92 Å². The molecule has 2 nitrogen and oxygen atoms in total. The largest absolute Gasteiger partial charge is 0.362 e. The van der Waals surface area contributed by atoms with Crippen LogP contribution in [-0.2, 0) is 0 Å². The predicted molar refractivity (Wildman–Crippen MR) is 64.5 cm³/mol. The molecule has 84 valence electrons. The SMILES string of the molecule is CC1=CC(O)(O)[C@@H](C)C=C1c1ccccc1. The van der Waals surface area contributed by atoms with Gasteiger partial charge in [-0.05, 0) is 29.7 Å². The molecule has 2 rings (SSSR count). The molecule has 0 aliphatic heterocycles. The van der Waals surface area contributed by atoms with Gasteiger partial charge in [0.1, 0.15) is 0 Å². The molecule has 16 heavy (non-hydrogen) atoms. The Morgan fingerprint density at radius 2 is 1.75 bits per heavy atom. The third kappa shape index (κ3) is 1.94. The Labute approximate surface area is 95.6 Å². The van der Waals surface area contributed by atoms with Gasteiger partial charge in [0.25, 0.3) is 0 Å². The fraction of sp³-hybridized carbons (Fsp3) is 0.286. The Hall–Kier alpha value is -1.38. The number of hydrogen-bond donors (Lipinski definition) is 2. The Balaban J connectivity index is 2.42. The lowest BCUT2D eigenvalue weighted by Gasteiger charge is -2.29. The van der Waals surface area contributed by atoms with Crippen molar-refractivity contribution in [2.24, 2.45) is 5.92 Å². The lowest BCUT2D eigenvalue weighted by Crippen LogP contribution is -2.35. The van der Waals surface area contributed by atoms with E-state index in [4.69, 9.17) is 0 Å². The van der Waals surface area contributed by atoms with Gasteiger partial charge in [0.15, 0.2) is 5.79 Å². The van der Waals surface area contributed by atoms with Crippen molar-refractivity contribution in [3.63, 3.8) is 0 Å². The molecular weight excluding hydrogens is 200 g/mol. The second-order valence-electron chi connectivity index (χ2n) is 4.35. The van der Waals surface area contributed by atoms with Crippen molar-refractivity contribution >= 4 is 5.57 Å². The van der Waals surface area contributed by atoms with Crippen molar-refractivity contribution < 1.29 is 10.2 Å². The number of hydrogen-bond acceptors (Lipinski definition) is 2. The smallest absolute Gasteiger partial charge is 0.189 e. The van der Waals surface area contributed by atoms with E-state index in [2.05, 4.69) is 0 Å². The molecular formula is C14H16O2. The maximum Gasteiger partial charge on any atom is 0.189 e. The van der Waals surface area contributed by atoms with Gasteiger partial charge in [0, 0.05) is 5.92 Å². The number of allylic oxidation sites excluding steroid dienone is 2. The third-order valence-electron chi connectivity index (χ3n) is 3.03. The van der Waals surface area contributed by atoms with Gasteiger partial charge in [0.05, 0.1) is 0 Å². The summed E-state index contributed by atoms with van der Waals surface area (Å²) >= 11 is 0. The highest BCUT2D eigenvalue weighted by Crippen LogP contribution is 2.34. The molecule has 1 aliphatic carbocycles. The minimum absolute atomic E-state index is 0.300. The average molecular weight is 216 g/mol. The summed E-state index contributed by atoms with van der Waals surface area (Å²) in [5, 5.41) is 19.4. The molecule has 0 saturated carbocycles. The van der Waals surface area contributed by atoms with Crippen molar-refractivity contribution in [2.75, 3.05) is 0 Å². The van der Waals surface area contributed by atoms with E-state index in [0.717, 1.165) is 16.7 Å². The first-order chi connectivity index (χ1) is 7.50. The molecule has 0 spiro atoms. The van der Waals surface area contributed by atoms with Crippen molar-refractivity contribution in [1.29, 1.82) is 0 Å². The van der Waals surface area contributed by atoms with Gasteiger partial charge in [-0.1, -0.05) is 43.3 Å². The van der Waals surface area contributed by atoms with E-state index in [9.17, 15) is 10.2 Å². The van der Waals surface area contributed by atoms with Crippen LogP contribution in [0.2, 0.25) is 0 Å². The molecule has 0 fully saturated rings. The second-order valence-corrected chi connectivity index (χ2v) is 4.35. The van der Waals surface area contributed by atoms with Crippen molar-refractivity contribution in [3.8, 4) is 0 Å². The van der Waals surface area contributed by atoms with E-state index >= 15 is 0 Å². The summed E-state index contributed by atoms with van der Waals surface area (Å²) in [5.74, 6) is -2.02. The molecule has 0 heterocycles. The second kappa shape index (κ2) is 3.89. The van der Waals surface area contributed by atoms with Gasteiger partial charge in [0.2, 0.25) is 0 Å². The molecule has 0 bridgehead atoms. The average Bonchev–Trinajstić information content (AvgIpc) is 2.24. The zero-order chi connectivity index (χ0) is 11.8. The molecule has 1 aliphatic rings. The van der Waals surface area contributed by atoms with Gasteiger partial charge in [-0.2, -0.15) is 0 Å². The lowest BCUT2D eigenvalue weighted by molar-refractivity contribution is -0.144. The molecule has 1 atom stereocenters. The lowest BCUT2D eigenvalue weighted by atomic mass is 9.84. The molecule has 1 aromatic rings.